The van der Waals surface area contributed by atoms with Gasteiger partial charge in [0.2, 0.25) is 0 Å². The number of anilines is 1. The Morgan fingerprint density at radius 3 is 2.49 bits per heavy atom. The van der Waals surface area contributed by atoms with Crippen molar-refractivity contribution in [3.8, 4) is 6.07 Å². The molecule has 0 radical (unpaired) electrons. The summed E-state index contributed by atoms with van der Waals surface area (Å²) in [4.78, 5) is 27.0. The molecule has 188 valence electrons. The zero-order chi connectivity index (χ0) is 26.3. The molecule has 0 aliphatic carbocycles. The van der Waals surface area contributed by atoms with E-state index < -0.39 is 0 Å². The molecule has 0 spiro atoms. The number of pyridine rings is 3. The standard InChI is InChI=1S/C29H29ClN6O/c1-18-5-11-24(32-15-18)29(21-6-8-22(30)9-7-21)36-17-19(2)35(16-20(36)3)26-13-27(37)34(4)25-12-10-23(14-31)33-28(25)26/h5-13,15,19-20,29H,16-17H2,1-4H3/t19-,20?,29?/m0/s1. The molecule has 5 rings (SSSR count). The molecule has 0 N–H and O–H groups in total. The second-order valence-corrected chi connectivity index (χ2v) is 10.3. The van der Waals surface area contributed by atoms with Crippen molar-refractivity contribution in [2.24, 2.45) is 7.05 Å². The lowest BCUT2D eigenvalue weighted by molar-refractivity contribution is 0.128. The van der Waals surface area contributed by atoms with Gasteiger partial charge in [-0.05, 0) is 62.2 Å². The predicted molar refractivity (Wildman–Crippen MR) is 147 cm³/mol. The van der Waals surface area contributed by atoms with E-state index in [1.54, 1.807) is 29.8 Å². The average molecular weight is 513 g/mol. The summed E-state index contributed by atoms with van der Waals surface area (Å²) in [6.45, 7) is 7.85. The first-order chi connectivity index (χ1) is 17.8. The number of aromatic nitrogens is 3. The van der Waals surface area contributed by atoms with Crippen LogP contribution in [0.5, 0.6) is 0 Å². The van der Waals surface area contributed by atoms with Gasteiger partial charge in [0.1, 0.15) is 17.3 Å². The Labute approximate surface area is 221 Å². The molecule has 1 aliphatic rings. The number of benzene rings is 1. The van der Waals surface area contributed by atoms with Crippen molar-refractivity contribution in [2.75, 3.05) is 18.0 Å². The fourth-order valence-corrected chi connectivity index (χ4v) is 5.39. The van der Waals surface area contributed by atoms with E-state index in [0.29, 0.717) is 28.3 Å². The second-order valence-electron chi connectivity index (χ2n) is 9.86. The third-order valence-corrected chi connectivity index (χ3v) is 7.51. The summed E-state index contributed by atoms with van der Waals surface area (Å²) in [5.41, 5.74) is 5.62. The Bertz CT molecular complexity index is 1500. The maximum atomic E-state index is 12.9. The quantitative estimate of drug-likeness (QED) is 0.389. The zero-order valence-corrected chi connectivity index (χ0v) is 22.1. The molecule has 0 amide bonds. The normalized spacial score (nSPS) is 19.1. The zero-order valence-electron chi connectivity index (χ0n) is 21.4. The van der Waals surface area contributed by atoms with Gasteiger partial charge in [0.15, 0.2) is 0 Å². The number of nitrogens with zero attached hydrogens (tertiary/aromatic N) is 6. The first kappa shape index (κ1) is 24.9. The molecule has 4 aromatic rings. The van der Waals surface area contributed by atoms with Crippen LogP contribution in [-0.4, -0.2) is 44.6 Å². The lowest BCUT2D eigenvalue weighted by Crippen LogP contribution is -2.57. The minimum absolute atomic E-state index is 0.0406. The fraction of sp³-hybridized carbons (Fsp3) is 0.310. The third-order valence-electron chi connectivity index (χ3n) is 7.26. The Morgan fingerprint density at radius 2 is 1.81 bits per heavy atom. The van der Waals surface area contributed by atoms with Crippen molar-refractivity contribution in [3.05, 3.63) is 98.7 Å². The molecule has 1 saturated heterocycles. The molecule has 37 heavy (non-hydrogen) atoms. The highest BCUT2D eigenvalue weighted by Gasteiger charge is 2.36. The van der Waals surface area contributed by atoms with Crippen molar-refractivity contribution >= 4 is 28.3 Å². The van der Waals surface area contributed by atoms with Crippen LogP contribution in [0.15, 0.2) is 65.6 Å². The van der Waals surface area contributed by atoms with Crippen LogP contribution in [0, 0.1) is 18.3 Å². The second kappa shape index (κ2) is 9.97. The van der Waals surface area contributed by atoms with Crippen LogP contribution < -0.4 is 10.5 Å². The summed E-state index contributed by atoms with van der Waals surface area (Å²) >= 11 is 6.21. The molecule has 2 unspecified atom stereocenters. The van der Waals surface area contributed by atoms with E-state index in [4.69, 9.17) is 16.6 Å². The van der Waals surface area contributed by atoms with E-state index in [1.165, 1.54) is 0 Å². The van der Waals surface area contributed by atoms with Crippen LogP contribution in [0.4, 0.5) is 5.69 Å². The summed E-state index contributed by atoms with van der Waals surface area (Å²) in [6.07, 6.45) is 1.91. The Kier molecular flexibility index (Phi) is 6.72. The number of fused-ring (bicyclic) bond motifs is 1. The number of hydrogen-bond donors (Lipinski definition) is 0. The van der Waals surface area contributed by atoms with Crippen molar-refractivity contribution in [1.29, 1.82) is 5.26 Å². The number of halogens is 1. The van der Waals surface area contributed by atoms with Gasteiger partial charge in [-0.25, -0.2) is 4.98 Å². The van der Waals surface area contributed by atoms with Gasteiger partial charge in [-0.3, -0.25) is 14.7 Å². The van der Waals surface area contributed by atoms with Crippen molar-refractivity contribution in [2.45, 2.75) is 38.9 Å². The highest BCUT2D eigenvalue weighted by atomic mass is 35.5. The van der Waals surface area contributed by atoms with Crippen LogP contribution in [-0.2, 0) is 7.05 Å². The molecule has 0 saturated carbocycles. The number of piperazine rings is 1. The maximum absolute atomic E-state index is 12.9. The highest BCUT2D eigenvalue weighted by Crippen LogP contribution is 2.35. The molecular formula is C29H29ClN6O. The predicted octanol–water partition coefficient (Wildman–Crippen LogP) is 4.85. The molecule has 0 bridgehead atoms. The number of aryl methyl sites for hydroxylation is 2. The first-order valence-electron chi connectivity index (χ1n) is 12.4. The van der Waals surface area contributed by atoms with Crippen LogP contribution >= 0.6 is 11.6 Å². The van der Waals surface area contributed by atoms with Gasteiger partial charge in [-0.15, -0.1) is 0 Å². The van der Waals surface area contributed by atoms with Gasteiger partial charge in [0, 0.05) is 49.5 Å². The third kappa shape index (κ3) is 4.71. The molecule has 8 heteroatoms. The van der Waals surface area contributed by atoms with Gasteiger partial charge in [0.25, 0.3) is 5.56 Å². The largest absolute Gasteiger partial charge is 0.364 e. The molecule has 4 heterocycles. The molecule has 1 aliphatic heterocycles. The molecule has 3 aromatic heterocycles. The summed E-state index contributed by atoms with van der Waals surface area (Å²) in [5, 5.41) is 10.1. The van der Waals surface area contributed by atoms with E-state index in [1.807, 2.05) is 25.3 Å². The minimum atomic E-state index is -0.0980. The maximum Gasteiger partial charge on any atom is 0.252 e. The highest BCUT2D eigenvalue weighted by molar-refractivity contribution is 6.30. The monoisotopic (exact) mass is 512 g/mol. The average Bonchev–Trinajstić information content (AvgIpc) is 2.90. The Hall–Kier alpha value is -3.73. The summed E-state index contributed by atoms with van der Waals surface area (Å²) in [5.74, 6) is 0. The molecule has 7 nitrogen and oxygen atoms in total. The van der Waals surface area contributed by atoms with Crippen molar-refractivity contribution in [3.63, 3.8) is 0 Å². The first-order valence-corrected chi connectivity index (χ1v) is 12.8. The van der Waals surface area contributed by atoms with E-state index in [2.05, 4.69) is 59.0 Å². The van der Waals surface area contributed by atoms with Crippen LogP contribution in [0.1, 0.15) is 42.4 Å². The Balaban J connectivity index is 1.55. The van der Waals surface area contributed by atoms with E-state index in [9.17, 15) is 10.1 Å². The summed E-state index contributed by atoms with van der Waals surface area (Å²) < 4.78 is 1.58. The van der Waals surface area contributed by atoms with Gasteiger partial charge >= 0.3 is 0 Å². The fourth-order valence-electron chi connectivity index (χ4n) is 5.26. The number of nitriles is 1. The van der Waals surface area contributed by atoms with Gasteiger partial charge < -0.3 is 9.47 Å². The Morgan fingerprint density at radius 1 is 1.05 bits per heavy atom. The van der Waals surface area contributed by atoms with Crippen LogP contribution in [0.25, 0.3) is 11.0 Å². The smallest absolute Gasteiger partial charge is 0.252 e. The van der Waals surface area contributed by atoms with E-state index >= 15 is 0 Å². The number of rotatable bonds is 4. The van der Waals surface area contributed by atoms with Crippen LogP contribution in [0.3, 0.4) is 0 Å². The summed E-state index contributed by atoms with van der Waals surface area (Å²) in [7, 11) is 1.73. The van der Waals surface area contributed by atoms with E-state index in [0.717, 1.165) is 29.1 Å². The summed E-state index contributed by atoms with van der Waals surface area (Å²) in [6, 6.07) is 19.6. The van der Waals surface area contributed by atoms with Crippen LogP contribution in [0.2, 0.25) is 5.02 Å². The number of hydrogen-bond acceptors (Lipinski definition) is 6. The van der Waals surface area contributed by atoms with Gasteiger partial charge in [-0.2, -0.15) is 5.26 Å². The molecular weight excluding hydrogens is 484 g/mol. The topological polar surface area (TPSA) is 78.0 Å². The van der Waals surface area contributed by atoms with Crippen molar-refractivity contribution in [1.82, 2.24) is 19.4 Å². The molecule has 3 atom stereocenters. The lowest BCUT2D eigenvalue weighted by Gasteiger charge is -2.48. The van der Waals surface area contributed by atoms with Gasteiger partial charge in [-0.1, -0.05) is 29.8 Å². The van der Waals surface area contributed by atoms with Gasteiger partial charge in [0.05, 0.1) is 22.9 Å². The minimum Gasteiger partial charge on any atom is -0.364 e. The SMILES string of the molecule is Cc1ccc(C(c2ccc(Cl)cc2)N2C[C@H](C)N(c3cc(=O)n(C)c4ccc(C#N)nc34)CC2C)nc1. The van der Waals surface area contributed by atoms with E-state index in [-0.39, 0.29) is 23.7 Å². The molecule has 1 fully saturated rings. The van der Waals surface area contributed by atoms with Crippen molar-refractivity contribution < 1.29 is 0 Å². The lowest BCUT2D eigenvalue weighted by atomic mass is 9.96. The molecule has 1 aromatic carbocycles.